The SMILES string of the molecule is COC(C)(c1c(C)cc(C)c2c1ccn2S(=O)(=O)c1ccc(C)cc1)c1nc2ccc(C#N)cc2n1COCC[Si](C)(C)C. The van der Waals surface area contributed by atoms with Gasteiger partial charge in [0.25, 0.3) is 10.0 Å². The number of benzene rings is 3. The summed E-state index contributed by atoms with van der Waals surface area (Å²) in [7, 11) is -3.53. The van der Waals surface area contributed by atoms with Gasteiger partial charge in [0.1, 0.15) is 18.2 Å². The molecule has 2 heterocycles. The van der Waals surface area contributed by atoms with E-state index < -0.39 is 23.7 Å². The van der Waals surface area contributed by atoms with Crippen LogP contribution in [0.2, 0.25) is 25.7 Å². The molecular formula is C34H40N4O4SSi. The molecule has 44 heavy (non-hydrogen) atoms. The second-order valence-corrected chi connectivity index (χ2v) is 20.3. The van der Waals surface area contributed by atoms with Crippen LogP contribution in [0.1, 0.15) is 40.6 Å². The zero-order valence-electron chi connectivity index (χ0n) is 26.7. The fraction of sp³-hybridized carbons (Fsp3) is 0.353. The Kier molecular flexibility index (Phi) is 8.37. The van der Waals surface area contributed by atoms with Crippen molar-refractivity contribution in [1.29, 1.82) is 5.26 Å². The highest BCUT2D eigenvalue weighted by Crippen LogP contribution is 2.42. The Hall–Kier alpha value is -3.75. The maximum Gasteiger partial charge on any atom is 0.268 e. The Bertz CT molecular complexity index is 2020. The number of aryl methyl sites for hydroxylation is 3. The van der Waals surface area contributed by atoms with E-state index in [2.05, 4.69) is 25.7 Å². The van der Waals surface area contributed by atoms with Crippen molar-refractivity contribution in [2.45, 2.75) is 70.6 Å². The number of nitrogens with zero attached hydrogens (tertiary/aromatic N) is 4. The molecule has 5 rings (SSSR count). The topological polar surface area (TPSA) is 99.1 Å². The normalized spacial score (nSPS) is 13.8. The van der Waals surface area contributed by atoms with E-state index in [-0.39, 0.29) is 11.6 Å². The molecule has 0 spiro atoms. The predicted octanol–water partition coefficient (Wildman–Crippen LogP) is 7.25. The minimum absolute atomic E-state index is 0.224. The molecule has 3 aromatic carbocycles. The summed E-state index contributed by atoms with van der Waals surface area (Å²) in [5.41, 5.74) is 5.10. The highest BCUT2D eigenvalue weighted by molar-refractivity contribution is 7.90. The van der Waals surface area contributed by atoms with Crippen LogP contribution < -0.4 is 0 Å². The molecular weight excluding hydrogens is 589 g/mol. The van der Waals surface area contributed by atoms with Gasteiger partial charge in [-0.05, 0) is 81.3 Å². The van der Waals surface area contributed by atoms with Crippen LogP contribution in [-0.4, -0.2) is 43.7 Å². The lowest BCUT2D eigenvalue weighted by Crippen LogP contribution is -2.32. The van der Waals surface area contributed by atoms with Crippen LogP contribution in [0.3, 0.4) is 0 Å². The minimum Gasteiger partial charge on any atom is -0.366 e. The third-order valence-electron chi connectivity index (χ3n) is 8.31. The zero-order chi connectivity index (χ0) is 32.0. The van der Waals surface area contributed by atoms with Crippen molar-refractivity contribution in [1.82, 2.24) is 13.5 Å². The van der Waals surface area contributed by atoms with E-state index in [4.69, 9.17) is 14.5 Å². The third-order valence-corrected chi connectivity index (χ3v) is 11.7. The number of imidazole rings is 1. The number of rotatable bonds is 10. The summed E-state index contributed by atoms with van der Waals surface area (Å²) in [5.74, 6) is 0.612. The highest BCUT2D eigenvalue weighted by atomic mass is 32.2. The van der Waals surface area contributed by atoms with Crippen molar-refractivity contribution in [2.24, 2.45) is 0 Å². The number of ether oxygens (including phenoxy) is 2. The van der Waals surface area contributed by atoms with Crippen LogP contribution >= 0.6 is 0 Å². The molecule has 0 saturated carbocycles. The molecule has 0 radical (unpaired) electrons. The van der Waals surface area contributed by atoms with E-state index in [0.29, 0.717) is 23.5 Å². The second kappa shape index (κ2) is 11.6. The highest BCUT2D eigenvalue weighted by Gasteiger charge is 2.39. The average Bonchev–Trinajstić information content (AvgIpc) is 3.57. The number of nitriles is 1. The summed E-state index contributed by atoms with van der Waals surface area (Å²) in [6.45, 7) is 15.6. The lowest BCUT2D eigenvalue weighted by atomic mass is 9.86. The average molecular weight is 629 g/mol. The first-order valence-corrected chi connectivity index (χ1v) is 19.8. The Morgan fingerprint density at radius 1 is 1.00 bits per heavy atom. The molecule has 0 saturated heterocycles. The summed E-state index contributed by atoms with van der Waals surface area (Å²) in [4.78, 5) is 5.27. The van der Waals surface area contributed by atoms with Crippen molar-refractivity contribution < 1.29 is 17.9 Å². The summed E-state index contributed by atoms with van der Waals surface area (Å²) >= 11 is 0. The molecule has 10 heteroatoms. The summed E-state index contributed by atoms with van der Waals surface area (Å²) < 4.78 is 43.7. The van der Waals surface area contributed by atoms with Gasteiger partial charge in [-0.2, -0.15) is 5.26 Å². The van der Waals surface area contributed by atoms with Gasteiger partial charge < -0.3 is 14.0 Å². The van der Waals surface area contributed by atoms with Crippen LogP contribution in [0, 0.1) is 32.1 Å². The van der Waals surface area contributed by atoms with Gasteiger partial charge in [0.2, 0.25) is 0 Å². The van der Waals surface area contributed by atoms with Gasteiger partial charge in [0.15, 0.2) is 0 Å². The smallest absolute Gasteiger partial charge is 0.268 e. The Labute approximate surface area is 260 Å². The van der Waals surface area contributed by atoms with Crippen LogP contribution in [0.4, 0.5) is 0 Å². The number of aromatic nitrogens is 3. The quantitative estimate of drug-likeness (QED) is 0.119. The van der Waals surface area contributed by atoms with E-state index in [1.165, 1.54) is 3.97 Å². The molecule has 0 amide bonds. The molecule has 0 aliphatic heterocycles. The fourth-order valence-corrected chi connectivity index (χ4v) is 8.03. The van der Waals surface area contributed by atoms with Gasteiger partial charge in [-0.15, -0.1) is 0 Å². The minimum atomic E-state index is -3.86. The van der Waals surface area contributed by atoms with Gasteiger partial charge in [-0.1, -0.05) is 43.4 Å². The van der Waals surface area contributed by atoms with Crippen LogP contribution in [0.5, 0.6) is 0 Å². The summed E-state index contributed by atoms with van der Waals surface area (Å²) in [6.07, 6.45) is 1.62. The standard InChI is InChI=1S/C34H40N4O4SSi/c1-23-9-12-27(13-10-23)43(39,40)38-16-15-28-31(24(2)19-25(3)32(28)38)34(4,41-5)33-36-29-14-11-26(21-35)20-30(29)37(33)22-42-17-18-44(6,7)8/h9-16,19-20H,17-18,22H2,1-8H3. The van der Waals surface area contributed by atoms with Crippen LogP contribution in [-0.2, 0) is 31.8 Å². The Morgan fingerprint density at radius 3 is 2.34 bits per heavy atom. The Balaban J connectivity index is 1.72. The number of fused-ring (bicyclic) bond motifs is 2. The van der Waals surface area contributed by atoms with Crippen molar-refractivity contribution in [3.63, 3.8) is 0 Å². The van der Waals surface area contributed by atoms with Gasteiger partial charge in [-0.25, -0.2) is 17.4 Å². The maximum atomic E-state index is 13.9. The largest absolute Gasteiger partial charge is 0.366 e. The van der Waals surface area contributed by atoms with Crippen LogP contribution in [0.15, 0.2) is 65.7 Å². The first-order chi connectivity index (χ1) is 20.7. The van der Waals surface area contributed by atoms with Crippen molar-refractivity contribution in [2.75, 3.05) is 13.7 Å². The first kappa shape index (κ1) is 31.7. The maximum absolute atomic E-state index is 13.9. The molecule has 0 aliphatic rings. The number of hydrogen-bond acceptors (Lipinski definition) is 6. The van der Waals surface area contributed by atoms with Crippen molar-refractivity contribution in [3.8, 4) is 6.07 Å². The van der Waals surface area contributed by atoms with Gasteiger partial charge in [0.05, 0.1) is 33.1 Å². The lowest BCUT2D eigenvalue weighted by Gasteiger charge is -2.31. The van der Waals surface area contributed by atoms with E-state index in [1.807, 2.05) is 56.5 Å². The Morgan fingerprint density at radius 2 is 1.70 bits per heavy atom. The van der Waals surface area contributed by atoms with Gasteiger partial charge in [-0.3, -0.25) is 0 Å². The number of methoxy groups -OCH3 is 1. The van der Waals surface area contributed by atoms with Gasteiger partial charge in [0, 0.05) is 38.9 Å². The van der Waals surface area contributed by atoms with Gasteiger partial charge >= 0.3 is 0 Å². The summed E-state index contributed by atoms with van der Waals surface area (Å²) in [6, 6.07) is 19.4. The van der Waals surface area contributed by atoms with Crippen molar-refractivity contribution in [3.05, 3.63) is 94.4 Å². The molecule has 1 unspecified atom stereocenters. The molecule has 0 N–H and O–H groups in total. The lowest BCUT2D eigenvalue weighted by molar-refractivity contribution is 0.0183. The molecule has 0 bridgehead atoms. The fourth-order valence-electron chi connectivity index (χ4n) is 5.86. The molecule has 8 nitrogen and oxygen atoms in total. The first-order valence-electron chi connectivity index (χ1n) is 14.7. The van der Waals surface area contributed by atoms with E-state index >= 15 is 0 Å². The van der Waals surface area contributed by atoms with E-state index in [0.717, 1.165) is 44.7 Å². The van der Waals surface area contributed by atoms with E-state index in [1.54, 1.807) is 43.6 Å². The molecule has 5 aromatic rings. The third kappa shape index (κ3) is 5.61. The zero-order valence-corrected chi connectivity index (χ0v) is 28.5. The van der Waals surface area contributed by atoms with Crippen molar-refractivity contribution >= 4 is 40.0 Å². The predicted molar refractivity (Wildman–Crippen MR) is 177 cm³/mol. The monoisotopic (exact) mass is 628 g/mol. The molecule has 0 aliphatic carbocycles. The molecule has 0 fully saturated rings. The number of hydrogen-bond donors (Lipinski definition) is 0. The van der Waals surface area contributed by atoms with E-state index in [9.17, 15) is 13.7 Å². The molecule has 1 atom stereocenters. The van der Waals surface area contributed by atoms with Crippen LogP contribution in [0.25, 0.3) is 21.9 Å². The molecule has 2 aromatic heterocycles. The summed E-state index contributed by atoms with van der Waals surface area (Å²) in [5, 5.41) is 10.4. The second-order valence-electron chi connectivity index (χ2n) is 12.8. The molecule has 230 valence electrons.